The number of nitrogens with zero attached hydrogens (tertiary/aromatic N) is 4. The van der Waals surface area contributed by atoms with Crippen LogP contribution in [-0.4, -0.2) is 32.3 Å². The summed E-state index contributed by atoms with van der Waals surface area (Å²) in [5.74, 6) is 1.27. The summed E-state index contributed by atoms with van der Waals surface area (Å²) >= 11 is 0. The van der Waals surface area contributed by atoms with Gasteiger partial charge in [-0.2, -0.15) is 0 Å². The Kier molecular flexibility index (Phi) is 6.08. The molecule has 2 heterocycles. The van der Waals surface area contributed by atoms with Crippen LogP contribution in [0, 0.1) is 24.0 Å². The van der Waals surface area contributed by atoms with Crippen molar-refractivity contribution < 1.29 is 9.72 Å². The number of nitrogens with one attached hydrogen (secondary N) is 2. The minimum atomic E-state index is -0.458. The Hall–Kier alpha value is -3.88. The second-order valence-electron chi connectivity index (χ2n) is 6.41. The number of nitro groups is 1. The highest BCUT2D eigenvalue weighted by Crippen LogP contribution is 2.22. The number of anilines is 2. The van der Waals surface area contributed by atoms with E-state index in [1.165, 1.54) is 12.1 Å². The highest BCUT2D eigenvalue weighted by atomic mass is 16.6. The second kappa shape index (κ2) is 8.87. The molecule has 29 heavy (non-hydrogen) atoms. The average molecular weight is 392 g/mol. The Morgan fingerprint density at radius 3 is 2.55 bits per heavy atom. The molecule has 0 aliphatic rings. The molecular weight excluding hydrogens is 372 g/mol. The first-order valence-corrected chi connectivity index (χ1v) is 8.98. The van der Waals surface area contributed by atoms with Crippen molar-refractivity contribution >= 4 is 23.2 Å². The van der Waals surface area contributed by atoms with Crippen molar-refractivity contribution in [2.75, 3.05) is 17.2 Å². The molecule has 148 valence electrons. The van der Waals surface area contributed by atoms with Crippen molar-refractivity contribution in [1.29, 1.82) is 0 Å². The van der Waals surface area contributed by atoms with Crippen LogP contribution < -0.4 is 10.6 Å². The number of hydrogen-bond donors (Lipinski definition) is 2. The van der Waals surface area contributed by atoms with Gasteiger partial charge in [-0.3, -0.25) is 14.9 Å². The fourth-order valence-electron chi connectivity index (χ4n) is 2.67. The largest absolute Gasteiger partial charge is 0.369 e. The number of hydrogen-bond acceptors (Lipinski definition) is 7. The van der Waals surface area contributed by atoms with Crippen LogP contribution in [0.5, 0.6) is 0 Å². The van der Waals surface area contributed by atoms with Gasteiger partial charge in [-0.05, 0) is 26.0 Å². The maximum Gasteiger partial charge on any atom is 0.270 e. The maximum absolute atomic E-state index is 12.1. The number of carbonyl (C=O) groups excluding carboxylic acids is 1. The number of aromatic nitrogens is 3. The molecule has 0 bridgehead atoms. The van der Waals surface area contributed by atoms with Crippen LogP contribution in [0.1, 0.15) is 17.8 Å². The van der Waals surface area contributed by atoms with E-state index in [0.717, 1.165) is 5.69 Å². The van der Waals surface area contributed by atoms with Gasteiger partial charge in [0.1, 0.15) is 11.6 Å². The van der Waals surface area contributed by atoms with Crippen molar-refractivity contribution in [1.82, 2.24) is 15.0 Å². The predicted octanol–water partition coefficient (Wildman–Crippen LogP) is 3.50. The molecule has 3 rings (SSSR count). The van der Waals surface area contributed by atoms with Crippen LogP contribution in [0.2, 0.25) is 0 Å². The summed E-state index contributed by atoms with van der Waals surface area (Å²) in [5.41, 5.74) is 2.06. The quantitative estimate of drug-likeness (QED) is 0.466. The monoisotopic (exact) mass is 392 g/mol. The number of benzene rings is 1. The van der Waals surface area contributed by atoms with E-state index in [-0.39, 0.29) is 18.0 Å². The van der Waals surface area contributed by atoms with Gasteiger partial charge in [-0.15, -0.1) is 0 Å². The first-order chi connectivity index (χ1) is 13.9. The minimum absolute atomic E-state index is 0.0245. The van der Waals surface area contributed by atoms with Gasteiger partial charge in [0.05, 0.1) is 4.92 Å². The molecule has 0 atom stereocenters. The number of carbonyl (C=O) groups is 1. The van der Waals surface area contributed by atoms with Gasteiger partial charge >= 0.3 is 0 Å². The molecule has 1 aromatic carbocycles. The topological polar surface area (TPSA) is 123 Å². The van der Waals surface area contributed by atoms with Crippen LogP contribution in [0.15, 0.2) is 48.5 Å². The van der Waals surface area contributed by atoms with E-state index in [1.54, 1.807) is 24.3 Å². The summed E-state index contributed by atoms with van der Waals surface area (Å²) < 4.78 is 0. The van der Waals surface area contributed by atoms with Crippen LogP contribution in [0.3, 0.4) is 0 Å². The van der Waals surface area contributed by atoms with Crippen molar-refractivity contribution in [3.63, 3.8) is 0 Å². The molecule has 0 saturated heterocycles. The molecule has 9 nitrogen and oxygen atoms in total. The van der Waals surface area contributed by atoms with E-state index in [0.29, 0.717) is 35.3 Å². The summed E-state index contributed by atoms with van der Waals surface area (Å²) in [6.07, 6.45) is 0.227. The zero-order valence-corrected chi connectivity index (χ0v) is 16.0. The van der Waals surface area contributed by atoms with Gasteiger partial charge in [-0.1, -0.05) is 18.2 Å². The van der Waals surface area contributed by atoms with Crippen molar-refractivity contribution in [2.24, 2.45) is 0 Å². The normalized spacial score (nSPS) is 10.4. The number of aryl methyl sites for hydroxylation is 2. The molecular formula is C20H20N6O3. The van der Waals surface area contributed by atoms with E-state index < -0.39 is 4.92 Å². The van der Waals surface area contributed by atoms with Gasteiger partial charge in [0.25, 0.3) is 5.69 Å². The molecule has 0 fully saturated rings. The Balaban J connectivity index is 1.64. The van der Waals surface area contributed by atoms with E-state index >= 15 is 0 Å². The number of non-ortho nitro benzene ring substituents is 1. The van der Waals surface area contributed by atoms with Crippen LogP contribution >= 0.6 is 0 Å². The number of nitro benzene ring substituents is 1. The molecule has 0 aliphatic heterocycles. The summed E-state index contributed by atoms with van der Waals surface area (Å²) in [5, 5.41) is 16.8. The Morgan fingerprint density at radius 2 is 1.79 bits per heavy atom. The Labute approximate surface area is 167 Å². The lowest BCUT2D eigenvalue weighted by Crippen LogP contribution is -2.17. The highest BCUT2D eigenvalue weighted by Gasteiger charge is 2.11. The number of amides is 1. The molecule has 0 radical (unpaired) electrons. The lowest BCUT2D eigenvalue weighted by Gasteiger charge is -2.09. The van der Waals surface area contributed by atoms with Gasteiger partial charge in [0, 0.05) is 48.1 Å². The summed E-state index contributed by atoms with van der Waals surface area (Å²) in [6, 6.07) is 13.3. The summed E-state index contributed by atoms with van der Waals surface area (Å²) in [7, 11) is 0. The maximum atomic E-state index is 12.1. The van der Waals surface area contributed by atoms with Crippen molar-refractivity contribution in [3.05, 3.63) is 70.0 Å². The predicted molar refractivity (Wildman–Crippen MR) is 110 cm³/mol. The first-order valence-electron chi connectivity index (χ1n) is 8.98. The third-order valence-electron chi connectivity index (χ3n) is 3.98. The van der Waals surface area contributed by atoms with Gasteiger partial charge in [-0.25, -0.2) is 15.0 Å². The zero-order valence-electron chi connectivity index (χ0n) is 16.0. The van der Waals surface area contributed by atoms with E-state index in [4.69, 9.17) is 0 Å². The number of pyridine rings is 1. The summed E-state index contributed by atoms with van der Waals surface area (Å²) in [6.45, 7) is 4.03. The summed E-state index contributed by atoms with van der Waals surface area (Å²) in [4.78, 5) is 35.6. The fraction of sp³-hybridized carbons (Fsp3) is 0.200. The van der Waals surface area contributed by atoms with Crippen molar-refractivity contribution in [3.8, 4) is 11.4 Å². The molecule has 1 amide bonds. The molecule has 3 aromatic rings. The van der Waals surface area contributed by atoms with Crippen LogP contribution in [0.4, 0.5) is 17.3 Å². The first kappa shape index (κ1) is 19.9. The zero-order chi connectivity index (χ0) is 20.8. The lowest BCUT2D eigenvalue weighted by atomic mass is 10.2. The smallest absolute Gasteiger partial charge is 0.270 e. The van der Waals surface area contributed by atoms with Crippen LogP contribution in [0.25, 0.3) is 11.4 Å². The van der Waals surface area contributed by atoms with E-state index in [1.807, 2.05) is 26.0 Å². The van der Waals surface area contributed by atoms with Gasteiger partial charge in [0.15, 0.2) is 5.82 Å². The highest BCUT2D eigenvalue weighted by molar-refractivity contribution is 5.90. The Bertz CT molecular complexity index is 1050. The molecule has 0 spiro atoms. The van der Waals surface area contributed by atoms with Crippen molar-refractivity contribution in [2.45, 2.75) is 20.3 Å². The molecule has 2 N–H and O–H groups in total. The third kappa shape index (κ3) is 5.55. The van der Waals surface area contributed by atoms with E-state index in [9.17, 15) is 14.9 Å². The van der Waals surface area contributed by atoms with Crippen LogP contribution in [-0.2, 0) is 4.79 Å². The molecule has 0 saturated carbocycles. The lowest BCUT2D eigenvalue weighted by molar-refractivity contribution is -0.384. The van der Waals surface area contributed by atoms with Gasteiger partial charge < -0.3 is 10.6 Å². The average Bonchev–Trinajstić information content (AvgIpc) is 2.67. The standard InChI is InChI=1S/C20H20N6O3/c1-13-5-3-8-17(22-13)24-19(27)9-10-21-18-11-14(2)23-20(25-18)15-6-4-7-16(12-15)26(28)29/h3-8,11-12H,9-10H2,1-2H3,(H,21,23,25)(H,22,24,27). The van der Waals surface area contributed by atoms with Gasteiger partial charge in [0.2, 0.25) is 5.91 Å². The fourth-order valence-corrected chi connectivity index (χ4v) is 2.67. The Morgan fingerprint density at radius 1 is 1.00 bits per heavy atom. The second-order valence-corrected chi connectivity index (χ2v) is 6.41. The third-order valence-corrected chi connectivity index (χ3v) is 3.98. The SMILES string of the molecule is Cc1cccc(NC(=O)CCNc2cc(C)nc(-c3cccc([N+](=O)[O-])c3)n2)n1. The molecule has 0 aliphatic carbocycles. The molecule has 2 aromatic heterocycles. The van der Waals surface area contributed by atoms with E-state index in [2.05, 4.69) is 25.6 Å². The minimum Gasteiger partial charge on any atom is -0.369 e. The number of rotatable bonds is 7. The molecule has 0 unspecified atom stereocenters. The molecule has 9 heteroatoms.